The van der Waals surface area contributed by atoms with E-state index in [1.807, 2.05) is 32.9 Å². The third-order valence-corrected chi connectivity index (χ3v) is 7.61. The zero-order chi connectivity index (χ0) is 27.7. The van der Waals surface area contributed by atoms with E-state index in [1.54, 1.807) is 48.5 Å². The Kier molecular flexibility index (Phi) is 7.59. The van der Waals surface area contributed by atoms with E-state index in [9.17, 15) is 14.7 Å². The van der Waals surface area contributed by atoms with E-state index < -0.39 is 17.7 Å². The average molecular weight is 563 g/mol. The normalized spacial score (nSPS) is 16.7. The van der Waals surface area contributed by atoms with Crippen molar-refractivity contribution in [2.45, 2.75) is 33.2 Å². The number of aliphatic hydroxyl groups excluding tert-OH is 1. The zero-order valence-corrected chi connectivity index (χ0v) is 23.3. The molecule has 1 N–H and O–H groups in total. The first-order valence-electron chi connectivity index (χ1n) is 12.7. The van der Waals surface area contributed by atoms with Crippen molar-refractivity contribution in [2.75, 3.05) is 18.1 Å². The van der Waals surface area contributed by atoms with Crippen LogP contribution in [0.3, 0.4) is 0 Å². The minimum absolute atomic E-state index is 0.0224. The molecule has 1 unspecified atom stereocenters. The summed E-state index contributed by atoms with van der Waals surface area (Å²) in [4.78, 5) is 33.1. The number of fused-ring (bicyclic) bond motifs is 1. The topological polar surface area (TPSA) is 89.0 Å². The van der Waals surface area contributed by atoms with Gasteiger partial charge in [0.2, 0.25) is 0 Å². The summed E-state index contributed by atoms with van der Waals surface area (Å²) < 4.78 is 12.5. The van der Waals surface area contributed by atoms with Crippen LogP contribution in [-0.4, -0.2) is 35.0 Å². The molecular weight excluding hydrogens is 536 g/mol. The predicted molar refractivity (Wildman–Crippen MR) is 154 cm³/mol. The summed E-state index contributed by atoms with van der Waals surface area (Å²) in [6.45, 7) is 6.72. The number of benzene rings is 3. The van der Waals surface area contributed by atoms with Crippen LogP contribution in [0.5, 0.6) is 11.5 Å². The molecule has 1 aliphatic rings. The third-order valence-electron chi connectivity index (χ3n) is 6.36. The molecule has 4 aromatic rings. The number of carbonyl (C=O) groups is 2. The Labute approximate surface area is 235 Å². The van der Waals surface area contributed by atoms with Crippen LogP contribution < -0.4 is 14.4 Å². The lowest BCUT2D eigenvalue weighted by Crippen LogP contribution is -2.29. The van der Waals surface area contributed by atoms with Crippen LogP contribution in [-0.2, 0) is 9.59 Å². The average Bonchev–Trinajstić information content (AvgIpc) is 3.45. The van der Waals surface area contributed by atoms with Crippen molar-refractivity contribution in [3.05, 3.63) is 87.9 Å². The molecule has 1 atom stereocenters. The maximum atomic E-state index is 13.6. The SMILES string of the molecule is CCCOc1ccc(C2C(=C(O)c3ccc(C)cc3)C(=O)C(=O)N2c2nc3ccc(Cl)cc3s2)cc1OCC. The van der Waals surface area contributed by atoms with Gasteiger partial charge in [0, 0.05) is 10.6 Å². The lowest BCUT2D eigenvalue weighted by molar-refractivity contribution is -0.132. The molecule has 2 heterocycles. The number of anilines is 1. The standard InChI is InChI=1S/C30H27ClN2O5S/c1-4-14-38-22-13-10-19(15-23(22)37-5-2)26-25(27(34)18-8-6-17(3)7-9-18)28(35)29(36)33(26)30-32-21-12-11-20(31)16-24(21)39-30/h6-13,15-16,26,34H,4-5,14H2,1-3H3. The summed E-state index contributed by atoms with van der Waals surface area (Å²) >= 11 is 7.43. The molecule has 0 saturated carbocycles. The molecule has 0 spiro atoms. The fraction of sp³-hybridized carbons (Fsp3) is 0.233. The second-order valence-corrected chi connectivity index (χ2v) is 10.6. The van der Waals surface area contributed by atoms with Crippen molar-refractivity contribution in [2.24, 2.45) is 0 Å². The number of aromatic nitrogens is 1. The molecule has 9 heteroatoms. The number of hydrogen-bond donors (Lipinski definition) is 1. The summed E-state index contributed by atoms with van der Waals surface area (Å²) in [5.74, 6) is -0.773. The minimum Gasteiger partial charge on any atom is -0.507 e. The highest BCUT2D eigenvalue weighted by molar-refractivity contribution is 7.22. The Balaban J connectivity index is 1.71. The van der Waals surface area contributed by atoms with Gasteiger partial charge >= 0.3 is 5.91 Å². The molecule has 200 valence electrons. The number of amides is 1. The maximum Gasteiger partial charge on any atom is 0.301 e. The molecular formula is C30H27ClN2O5S. The van der Waals surface area contributed by atoms with Crippen LogP contribution in [0, 0.1) is 6.92 Å². The number of halogens is 1. The third kappa shape index (κ3) is 5.10. The second kappa shape index (κ2) is 11.1. The Morgan fingerprint density at radius 1 is 1.03 bits per heavy atom. The van der Waals surface area contributed by atoms with Crippen LogP contribution in [0.1, 0.15) is 43.0 Å². The van der Waals surface area contributed by atoms with Gasteiger partial charge in [0.05, 0.1) is 35.0 Å². The Morgan fingerprint density at radius 3 is 2.51 bits per heavy atom. The fourth-order valence-corrected chi connectivity index (χ4v) is 5.76. The van der Waals surface area contributed by atoms with Gasteiger partial charge < -0.3 is 14.6 Å². The number of carbonyl (C=O) groups excluding carboxylic acids is 2. The van der Waals surface area contributed by atoms with Crippen molar-refractivity contribution in [3.8, 4) is 11.5 Å². The van der Waals surface area contributed by atoms with Crippen molar-refractivity contribution in [1.29, 1.82) is 0 Å². The van der Waals surface area contributed by atoms with Gasteiger partial charge in [-0.1, -0.05) is 65.8 Å². The van der Waals surface area contributed by atoms with Gasteiger partial charge in [-0.2, -0.15) is 0 Å². The van der Waals surface area contributed by atoms with E-state index in [1.165, 1.54) is 16.2 Å². The zero-order valence-electron chi connectivity index (χ0n) is 21.7. The van der Waals surface area contributed by atoms with Crippen LogP contribution in [0.2, 0.25) is 5.02 Å². The van der Waals surface area contributed by atoms with Crippen molar-refractivity contribution in [1.82, 2.24) is 4.98 Å². The van der Waals surface area contributed by atoms with Gasteiger partial charge in [0.1, 0.15) is 5.76 Å². The molecule has 0 radical (unpaired) electrons. The summed E-state index contributed by atoms with van der Waals surface area (Å²) in [5.41, 5.74) is 2.64. The highest BCUT2D eigenvalue weighted by Crippen LogP contribution is 2.46. The molecule has 1 saturated heterocycles. The van der Waals surface area contributed by atoms with Crippen LogP contribution in [0.4, 0.5) is 5.13 Å². The number of nitrogens with zero attached hydrogens (tertiary/aromatic N) is 2. The van der Waals surface area contributed by atoms with Gasteiger partial charge in [0.15, 0.2) is 16.6 Å². The maximum absolute atomic E-state index is 13.6. The van der Waals surface area contributed by atoms with Crippen LogP contribution in [0.15, 0.2) is 66.2 Å². The van der Waals surface area contributed by atoms with E-state index in [0.717, 1.165) is 16.7 Å². The summed E-state index contributed by atoms with van der Waals surface area (Å²) in [7, 11) is 0. The molecule has 7 nitrogen and oxygen atoms in total. The Morgan fingerprint density at radius 2 is 1.79 bits per heavy atom. The molecule has 0 aliphatic carbocycles. The Hall–Kier alpha value is -3.88. The molecule has 1 fully saturated rings. The largest absolute Gasteiger partial charge is 0.507 e. The number of ketones is 1. The van der Waals surface area contributed by atoms with E-state index in [4.69, 9.17) is 21.1 Å². The minimum atomic E-state index is -0.943. The first-order valence-corrected chi connectivity index (χ1v) is 13.9. The summed E-state index contributed by atoms with van der Waals surface area (Å²) in [6.07, 6.45) is 0.825. The molecule has 39 heavy (non-hydrogen) atoms. The van der Waals surface area contributed by atoms with E-state index in [2.05, 4.69) is 4.98 Å². The molecule has 1 amide bonds. The van der Waals surface area contributed by atoms with Gasteiger partial charge in [-0.3, -0.25) is 14.5 Å². The van der Waals surface area contributed by atoms with E-state index in [-0.39, 0.29) is 11.3 Å². The smallest absolute Gasteiger partial charge is 0.301 e. The monoisotopic (exact) mass is 562 g/mol. The highest BCUT2D eigenvalue weighted by atomic mass is 35.5. The van der Waals surface area contributed by atoms with Gasteiger partial charge in [-0.15, -0.1) is 0 Å². The van der Waals surface area contributed by atoms with Gasteiger partial charge in [-0.25, -0.2) is 4.98 Å². The summed E-state index contributed by atoms with van der Waals surface area (Å²) in [6, 6.07) is 16.7. The number of aryl methyl sites for hydroxylation is 1. The molecule has 1 aliphatic heterocycles. The number of rotatable bonds is 8. The van der Waals surface area contributed by atoms with Crippen molar-refractivity contribution < 1.29 is 24.2 Å². The Bertz CT molecular complexity index is 1590. The van der Waals surface area contributed by atoms with Gasteiger partial charge in [0.25, 0.3) is 5.78 Å². The number of aliphatic hydroxyl groups is 1. The van der Waals surface area contributed by atoms with E-state index in [0.29, 0.717) is 51.5 Å². The van der Waals surface area contributed by atoms with E-state index >= 15 is 0 Å². The molecule has 1 aromatic heterocycles. The quantitative estimate of drug-likeness (QED) is 0.140. The number of hydrogen-bond acceptors (Lipinski definition) is 7. The van der Waals surface area contributed by atoms with Crippen LogP contribution >= 0.6 is 22.9 Å². The summed E-state index contributed by atoms with van der Waals surface area (Å²) in [5, 5.41) is 12.3. The lowest BCUT2D eigenvalue weighted by atomic mass is 9.95. The first-order chi connectivity index (χ1) is 18.8. The first kappa shape index (κ1) is 26.7. The highest BCUT2D eigenvalue weighted by Gasteiger charge is 2.48. The fourth-order valence-electron chi connectivity index (χ4n) is 4.50. The van der Waals surface area contributed by atoms with Crippen molar-refractivity contribution >= 4 is 55.7 Å². The number of Topliss-reactive ketones (excluding diaryl/α,β-unsaturated/α-hetero) is 1. The molecule has 5 rings (SSSR count). The molecule has 0 bridgehead atoms. The second-order valence-electron chi connectivity index (χ2n) is 9.13. The lowest BCUT2D eigenvalue weighted by Gasteiger charge is -2.24. The van der Waals surface area contributed by atoms with Crippen molar-refractivity contribution in [3.63, 3.8) is 0 Å². The number of thiazole rings is 1. The van der Waals surface area contributed by atoms with Crippen LogP contribution in [0.25, 0.3) is 16.0 Å². The van der Waals surface area contributed by atoms with Gasteiger partial charge in [-0.05, 0) is 56.2 Å². The number of ether oxygens (including phenoxy) is 2. The molecule has 3 aromatic carbocycles. The predicted octanol–water partition coefficient (Wildman–Crippen LogP) is 7.07.